The Kier molecular flexibility index (Phi) is 9.93. The number of nitrogens with zero attached hydrogens (tertiary/aromatic N) is 1. The fourth-order valence-electron chi connectivity index (χ4n) is 2.26. The van der Waals surface area contributed by atoms with Gasteiger partial charge < -0.3 is 15.4 Å². The molecule has 0 heterocycles. The van der Waals surface area contributed by atoms with Crippen molar-refractivity contribution in [1.29, 1.82) is 0 Å². The molecule has 0 aliphatic heterocycles. The topological polar surface area (TPSA) is 91.8 Å². The molecule has 0 aromatic heterocycles. The Bertz CT molecular complexity index is 597. The maximum atomic E-state index is 11.9. The number of unbranched alkanes of at least 4 members (excludes halogenated alkanes) is 1. The molecule has 0 aliphatic rings. The number of nitrogens with one attached hydrogen (secondary N) is 3. The second-order valence-electron chi connectivity index (χ2n) is 7.28. The molecule has 3 amide bonds. The number of amides is 3. The third-order valence-corrected chi connectivity index (χ3v) is 3.53. The summed E-state index contributed by atoms with van der Waals surface area (Å²) in [5, 5.41) is 9.45. The zero-order valence-electron chi connectivity index (χ0n) is 16.7. The van der Waals surface area contributed by atoms with Crippen LogP contribution in [0.2, 0.25) is 0 Å². The van der Waals surface area contributed by atoms with E-state index in [2.05, 4.69) is 28.1 Å². The van der Waals surface area contributed by atoms with Gasteiger partial charge in [0.2, 0.25) is 0 Å². The highest BCUT2D eigenvalue weighted by molar-refractivity contribution is 5.78. The molecule has 1 rings (SSSR count). The van der Waals surface area contributed by atoms with Crippen molar-refractivity contribution < 1.29 is 14.3 Å². The van der Waals surface area contributed by atoms with Crippen LogP contribution >= 0.6 is 0 Å². The van der Waals surface area contributed by atoms with Crippen LogP contribution in [0.4, 0.5) is 9.59 Å². The average Bonchev–Trinajstić information content (AvgIpc) is 2.58. The highest BCUT2D eigenvalue weighted by Crippen LogP contribution is 2.07. The van der Waals surface area contributed by atoms with Gasteiger partial charge in [-0.1, -0.05) is 50.1 Å². The molecule has 0 fully saturated rings. The van der Waals surface area contributed by atoms with Crippen molar-refractivity contribution in [3.8, 4) is 0 Å². The van der Waals surface area contributed by atoms with Crippen molar-refractivity contribution in [3.63, 3.8) is 0 Å². The zero-order chi connectivity index (χ0) is 20.1. The number of hydrazone groups is 1. The minimum absolute atomic E-state index is 0.301. The first kappa shape index (κ1) is 22.5. The number of rotatable bonds is 9. The Morgan fingerprint density at radius 2 is 1.93 bits per heavy atom. The highest BCUT2D eigenvalue weighted by atomic mass is 16.6. The first-order valence-corrected chi connectivity index (χ1v) is 9.40. The van der Waals surface area contributed by atoms with Crippen LogP contribution in [-0.2, 0) is 11.2 Å². The van der Waals surface area contributed by atoms with Gasteiger partial charge in [-0.15, -0.1) is 0 Å². The van der Waals surface area contributed by atoms with Gasteiger partial charge in [0.05, 0.1) is 6.04 Å². The Hall–Kier alpha value is -2.57. The third-order valence-electron chi connectivity index (χ3n) is 3.53. The number of urea groups is 1. The van der Waals surface area contributed by atoms with Gasteiger partial charge in [0, 0.05) is 12.8 Å². The lowest BCUT2D eigenvalue weighted by molar-refractivity contribution is 0.0517. The van der Waals surface area contributed by atoms with E-state index >= 15 is 0 Å². The lowest BCUT2D eigenvalue weighted by Crippen LogP contribution is -2.41. The van der Waals surface area contributed by atoms with Crippen molar-refractivity contribution in [2.45, 2.75) is 65.0 Å². The fourth-order valence-corrected chi connectivity index (χ4v) is 2.26. The van der Waals surface area contributed by atoms with Crippen LogP contribution in [0, 0.1) is 0 Å². The predicted octanol–water partition coefficient (Wildman–Crippen LogP) is 3.60. The van der Waals surface area contributed by atoms with Gasteiger partial charge in [0.1, 0.15) is 5.60 Å². The Morgan fingerprint density at radius 1 is 1.22 bits per heavy atom. The molecule has 0 radical (unpaired) electrons. The van der Waals surface area contributed by atoms with Crippen LogP contribution in [0.5, 0.6) is 0 Å². The molecular weight excluding hydrogens is 344 g/mol. The summed E-state index contributed by atoms with van der Waals surface area (Å²) in [5.41, 5.74) is 3.02. The second kappa shape index (κ2) is 11.9. The maximum Gasteiger partial charge on any atom is 0.408 e. The summed E-state index contributed by atoms with van der Waals surface area (Å²) in [6, 6.07) is 9.23. The second-order valence-corrected chi connectivity index (χ2v) is 7.28. The van der Waals surface area contributed by atoms with Gasteiger partial charge in [0.15, 0.2) is 0 Å². The molecule has 0 saturated carbocycles. The van der Waals surface area contributed by atoms with Gasteiger partial charge in [-0.2, -0.15) is 5.10 Å². The molecule has 150 valence electrons. The lowest BCUT2D eigenvalue weighted by atomic mass is 10.1. The maximum absolute atomic E-state index is 11.9. The minimum Gasteiger partial charge on any atom is -0.444 e. The highest BCUT2D eigenvalue weighted by Gasteiger charge is 2.18. The van der Waals surface area contributed by atoms with E-state index in [4.69, 9.17) is 4.74 Å². The van der Waals surface area contributed by atoms with E-state index in [1.165, 1.54) is 6.21 Å². The first-order valence-electron chi connectivity index (χ1n) is 9.40. The van der Waals surface area contributed by atoms with E-state index < -0.39 is 11.7 Å². The molecule has 1 aromatic rings. The van der Waals surface area contributed by atoms with Crippen molar-refractivity contribution >= 4 is 18.3 Å². The van der Waals surface area contributed by atoms with Gasteiger partial charge in [-0.25, -0.2) is 15.0 Å². The summed E-state index contributed by atoms with van der Waals surface area (Å²) in [6.45, 7) is 8.01. The van der Waals surface area contributed by atoms with E-state index in [0.29, 0.717) is 6.54 Å². The van der Waals surface area contributed by atoms with Crippen LogP contribution in [0.1, 0.15) is 52.5 Å². The number of carbonyl (C=O) groups excluding carboxylic acids is 2. The van der Waals surface area contributed by atoms with Crippen molar-refractivity contribution in [1.82, 2.24) is 16.1 Å². The quantitative estimate of drug-likeness (QED) is 0.454. The van der Waals surface area contributed by atoms with E-state index in [-0.39, 0.29) is 12.1 Å². The molecule has 3 N–H and O–H groups in total. The lowest BCUT2D eigenvalue weighted by Gasteiger charge is -2.22. The molecule has 0 bridgehead atoms. The summed E-state index contributed by atoms with van der Waals surface area (Å²) < 4.78 is 5.26. The van der Waals surface area contributed by atoms with Gasteiger partial charge >= 0.3 is 12.1 Å². The molecule has 27 heavy (non-hydrogen) atoms. The summed E-state index contributed by atoms with van der Waals surface area (Å²) in [5.74, 6) is 0. The summed E-state index contributed by atoms with van der Waals surface area (Å²) in [7, 11) is 0. The average molecular weight is 377 g/mol. The molecule has 1 aromatic carbocycles. The van der Waals surface area contributed by atoms with Crippen LogP contribution in [0.15, 0.2) is 35.4 Å². The number of carbonyl (C=O) groups is 2. The van der Waals surface area contributed by atoms with Crippen LogP contribution in [-0.4, -0.2) is 36.5 Å². The number of alkyl carbamates (subject to hydrolysis) is 1. The molecule has 1 atom stereocenters. The van der Waals surface area contributed by atoms with Crippen LogP contribution in [0.3, 0.4) is 0 Å². The van der Waals surface area contributed by atoms with Crippen molar-refractivity contribution in [2.24, 2.45) is 5.10 Å². The summed E-state index contributed by atoms with van der Waals surface area (Å²) in [6.07, 6.45) is 4.41. The van der Waals surface area contributed by atoms with Gasteiger partial charge in [-0.05, 0) is 39.2 Å². The molecule has 0 spiro atoms. The summed E-state index contributed by atoms with van der Waals surface area (Å²) >= 11 is 0. The van der Waals surface area contributed by atoms with Gasteiger partial charge in [-0.3, -0.25) is 0 Å². The van der Waals surface area contributed by atoms with Crippen molar-refractivity contribution in [3.05, 3.63) is 35.9 Å². The molecule has 0 aliphatic carbocycles. The standard InChI is InChI=1S/C20H32N4O3/c1-5-6-12-17(23-19(26)27-20(2,3)4)15-22-24-18(25)21-14-13-16-10-8-7-9-11-16/h7-11,15,17H,5-6,12-14H2,1-4H3,(H,23,26)(H2,21,24,25)/b22-15+/t17-/m0/s1. The summed E-state index contributed by atoms with van der Waals surface area (Å²) in [4.78, 5) is 23.7. The van der Waals surface area contributed by atoms with Gasteiger partial charge in [0.25, 0.3) is 0 Å². The van der Waals surface area contributed by atoms with Crippen molar-refractivity contribution in [2.75, 3.05) is 6.54 Å². The predicted molar refractivity (Wildman–Crippen MR) is 108 cm³/mol. The van der Waals surface area contributed by atoms with E-state index in [9.17, 15) is 9.59 Å². The van der Waals surface area contributed by atoms with Crippen LogP contribution < -0.4 is 16.1 Å². The fraction of sp³-hybridized carbons (Fsp3) is 0.550. The normalized spacial score (nSPS) is 12.4. The Labute approximate surface area is 161 Å². The largest absolute Gasteiger partial charge is 0.444 e. The van der Waals surface area contributed by atoms with E-state index in [0.717, 1.165) is 31.2 Å². The third kappa shape index (κ3) is 11.6. The monoisotopic (exact) mass is 376 g/mol. The SMILES string of the molecule is CCCC[C@@H](/C=N/NC(=O)NCCc1ccccc1)NC(=O)OC(C)(C)C. The first-order chi connectivity index (χ1) is 12.8. The molecule has 0 unspecified atom stereocenters. The zero-order valence-corrected chi connectivity index (χ0v) is 16.7. The minimum atomic E-state index is -0.562. The smallest absolute Gasteiger partial charge is 0.408 e. The molecule has 7 nitrogen and oxygen atoms in total. The van der Waals surface area contributed by atoms with E-state index in [1.807, 2.05) is 51.1 Å². The molecule has 0 saturated heterocycles. The number of ether oxygens (including phenoxy) is 1. The Balaban J connectivity index is 2.38. The molecule has 7 heteroatoms. The van der Waals surface area contributed by atoms with Crippen LogP contribution in [0.25, 0.3) is 0 Å². The number of hydrogen-bond acceptors (Lipinski definition) is 4. The molecular formula is C20H32N4O3. The number of benzene rings is 1. The van der Waals surface area contributed by atoms with E-state index in [1.54, 1.807) is 0 Å². The number of hydrogen-bond donors (Lipinski definition) is 3. The Morgan fingerprint density at radius 3 is 2.56 bits per heavy atom.